The highest BCUT2D eigenvalue weighted by molar-refractivity contribution is 6.12. The minimum Gasteiger partial charge on any atom is -0.506 e. The summed E-state index contributed by atoms with van der Waals surface area (Å²) in [6.07, 6.45) is -7.05. The molecule has 0 bridgehead atoms. The van der Waals surface area contributed by atoms with Gasteiger partial charge in [-0.2, -0.15) is 0 Å². The number of hydrogen-bond acceptors (Lipinski definition) is 17. The number of carbonyl (C=O) groups is 6. The normalized spacial score (nSPS) is 31.9. The quantitative estimate of drug-likeness (QED) is 0.141. The molecule has 0 spiro atoms. The number of esters is 2. The summed E-state index contributed by atoms with van der Waals surface area (Å²) in [6, 6.07) is 5.21. The van der Waals surface area contributed by atoms with Crippen LogP contribution in [0.25, 0.3) is 22.6 Å². The molecular formula is C39H38O19. The van der Waals surface area contributed by atoms with Crippen LogP contribution in [0.4, 0.5) is 0 Å². The number of hydrogen-bond donors (Lipinski definition) is 7. The summed E-state index contributed by atoms with van der Waals surface area (Å²) in [5.41, 5.74) is -8.26. The highest BCUT2D eigenvalue weighted by Crippen LogP contribution is 2.61. The van der Waals surface area contributed by atoms with E-state index < -0.39 is 131 Å². The number of aliphatic hydroxyl groups excluding tert-OH is 3. The van der Waals surface area contributed by atoms with Gasteiger partial charge in [0, 0.05) is 18.2 Å². The molecule has 4 fully saturated rings. The van der Waals surface area contributed by atoms with E-state index in [1.807, 2.05) is 0 Å². The molecule has 7 N–H and O–H groups in total. The zero-order valence-corrected chi connectivity index (χ0v) is 31.5. The fourth-order valence-electron chi connectivity index (χ4n) is 8.66. The molecule has 19 heteroatoms. The first-order valence-corrected chi connectivity index (χ1v) is 17.9. The number of ether oxygens (including phenoxy) is 6. The number of Topliss-reactive ketones (excluding diaryl/α,β-unsaturated/α-hetero) is 2. The minimum atomic E-state index is -1.87. The van der Waals surface area contributed by atoms with Crippen LogP contribution in [0.2, 0.25) is 0 Å². The summed E-state index contributed by atoms with van der Waals surface area (Å²) in [5, 5.41) is 71.8. The SMILES string of the molecule is CO.C[C@@]12O[C@@H]1C(=O)C1=C(O)c3c(ccc(-c4ccc5c(c4O)C(O)=C4C(=O)[C@H]6O[C@@]6(C)[C@H](OC(=O)CCC(=O)O)[C@]4(C)O5)c3O)O[C@@]1(C)[C@H]2OC(=O)CCC(=O)O. The number of fused-ring (bicyclic) bond motifs is 6. The molecular weight excluding hydrogens is 772 g/mol. The maximum atomic E-state index is 13.7. The van der Waals surface area contributed by atoms with Crippen LogP contribution in [0.3, 0.4) is 0 Å². The van der Waals surface area contributed by atoms with Gasteiger partial charge < -0.3 is 64.2 Å². The van der Waals surface area contributed by atoms with Crippen LogP contribution in [-0.4, -0.2) is 125 Å². The van der Waals surface area contributed by atoms with Crippen molar-refractivity contribution in [1.82, 2.24) is 0 Å². The predicted molar refractivity (Wildman–Crippen MR) is 191 cm³/mol. The molecule has 0 amide bonds. The Morgan fingerprint density at radius 1 is 0.603 bits per heavy atom. The Labute approximate surface area is 327 Å². The molecule has 19 nitrogen and oxygen atoms in total. The number of benzene rings is 2. The van der Waals surface area contributed by atoms with Gasteiger partial charge in [-0.15, -0.1) is 0 Å². The fraction of sp³-hybridized carbons (Fsp3) is 0.436. The summed E-state index contributed by atoms with van der Waals surface area (Å²) in [4.78, 5) is 74.8. The number of ketones is 2. The van der Waals surface area contributed by atoms with Crippen LogP contribution in [0.15, 0.2) is 35.4 Å². The van der Waals surface area contributed by atoms with Gasteiger partial charge in [-0.25, -0.2) is 0 Å². The maximum absolute atomic E-state index is 13.7. The molecule has 2 aliphatic carbocycles. The first-order valence-electron chi connectivity index (χ1n) is 17.9. The number of rotatable bonds is 9. The third-order valence-corrected chi connectivity index (χ3v) is 11.4. The Hall–Kier alpha value is -6.18. The summed E-state index contributed by atoms with van der Waals surface area (Å²) < 4.78 is 35.0. The van der Waals surface area contributed by atoms with Crippen molar-refractivity contribution in [1.29, 1.82) is 0 Å². The van der Waals surface area contributed by atoms with Crippen molar-refractivity contribution in [2.75, 3.05) is 7.11 Å². The monoisotopic (exact) mass is 810 g/mol. The lowest BCUT2D eigenvalue weighted by Gasteiger charge is -2.45. The Bertz CT molecular complexity index is 2150. The lowest BCUT2D eigenvalue weighted by molar-refractivity contribution is -0.168. The summed E-state index contributed by atoms with van der Waals surface area (Å²) in [7, 11) is 1.00. The maximum Gasteiger partial charge on any atom is 0.306 e. The first-order chi connectivity index (χ1) is 27.2. The second-order valence-electron chi connectivity index (χ2n) is 15.2. The van der Waals surface area contributed by atoms with Gasteiger partial charge in [-0.3, -0.25) is 28.8 Å². The lowest BCUT2D eigenvalue weighted by Crippen LogP contribution is -2.62. The van der Waals surface area contributed by atoms with Gasteiger partial charge in [0.2, 0.25) is 0 Å². The zero-order valence-electron chi connectivity index (χ0n) is 31.5. The number of phenolic OH excluding ortho intramolecular Hbond substituents is 2. The number of carboxylic acids is 2. The number of aliphatic hydroxyl groups is 3. The molecule has 2 aromatic carbocycles. The number of carboxylic acid groups (broad SMARTS) is 2. The standard InChI is InChI=1S/C38H34O18.CH4O/c1-35-23(29(49)31-37(3,55-31)33(35)51-19(43)11-9-17(39)40)27(47)21-15(53-35)7-5-13(25(21)45)14-6-8-16-22(26(14)46)28(48)24-30(50)32-38(4,56-32)34(36(24,2)54-16)52-20(44)12-10-18(41)42;1-2/h5-8,31-34,45-48H,9-12H2,1-4H3,(H,39,40)(H,41,42);2H,1H3/t31-,32-,33-,34-,35-,36-,37-,38-;/m1./s1. The van der Waals surface area contributed by atoms with Crippen LogP contribution in [0, 0.1) is 0 Å². The van der Waals surface area contributed by atoms with Gasteiger partial charge >= 0.3 is 23.9 Å². The molecule has 0 radical (unpaired) electrons. The van der Waals surface area contributed by atoms with Crippen molar-refractivity contribution < 1.29 is 92.9 Å². The predicted octanol–water partition coefficient (Wildman–Crippen LogP) is 2.25. The Morgan fingerprint density at radius 3 is 1.28 bits per heavy atom. The van der Waals surface area contributed by atoms with Crippen molar-refractivity contribution in [3.05, 3.63) is 46.5 Å². The van der Waals surface area contributed by atoms with E-state index in [-0.39, 0.29) is 44.9 Å². The van der Waals surface area contributed by atoms with Crippen molar-refractivity contribution in [2.45, 2.75) is 100 Å². The highest BCUT2D eigenvalue weighted by Gasteiger charge is 2.77. The molecule has 8 rings (SSSR count). The highest BCUT2D eigenvalue weighted by atomic mass is 16.7. The van der Waals surface area contributed by atoms with Crippen molar-refractivity contribution in [3.63, 3.8) is 0 Å². The largest absolute Gasteiger partial charge is 0.506 e. The number of epoxide rings is 2. The van der Waals surface area contributed by atoms with E-state index in [9.17, 15) is 49.2 Å². The number of aliphatic carboxylic acids is 2. The second-order valence-corrected chi connectivity index (χ2v) is 15.2. The molecule has 6 aliphatic rings. The number of aromatic hydroxyl groups is 2. The minimum absolute atomic E-state index is 0.139. The van der Waals surface area contributed by atoms with E-state index in [1.165, 1.54) is 52.0 Å². The van der Waals surface area contributed by atoms with Gasteiger partial charge in [-0.05, 0) is 52.0 Å². The summed E-state index contributed by atoms with van der Waals surface area (Å²) in [6.45, 7) is 5.77. The molecule has 0 unspecified atom stereocenters. The zero-order chi connectivity index (χ0) is 42.6. The molecule has 0 aromatic heterocycles. The molecule has 4 aliphatic heterocycles. The molecule has 4 heterocycles. The average molecular weight is 811 g/mol. The fourth-order valence-corrected chi connectivity index (χ4v) is 8.66. The number of carbonyl (C=O) groups excluding carboxylic acids is 4. The molecule has 2 aromatic rings. The first kappa shape index (κ1) is 40.0. The molecule has 8 atom stereocenters. The average Bonchev–Trinajstić information content (AvgIpc) is 4.05. The molecule has 2 saturated heterocycles. The molecule has 308 valence electrons. The number of phenols is 2. The smallest absolute Gasteiger partial charge is 0.306 e. The lowest BCUT2D eigenvalue weighted by atomic mass is 9.70. The second kappa shape index (κ2) is 13.2. The van der Waals surface area contributed by atoms with Crippen LogP contribution in [0.5, 0.6) is 23.0 Å². The summed E-state index contributed by atoms with van der Waals surface area (Å²) >= 11 is 0. The topological polar surface area (TPSA) is 306 Å². The van der Waals surface area contributed by atoms with Gasteiger partial charge in [0.1, 0.15) is 56.8 Å². The third-order valence-electron chi connectivity index (χ3n) is 11.4. The van der Waals surface area contributed by atoms with Gasteiger partial charge in [0.05, 0.1) is 36.8 Å². The molecule has 2 saturated carbocycles. The van der Waals surface area contributed by atoms with E-state index >= 15 is 0 Å². The Kier molecular flexibility index (Phi) is 9.10. The van der Waals surface area contributed by atoms with E-state index in [0.29, 0.717) is 0 Å². The van der Waals surface area contributed by atoms with Crippen LogP contribution >= 0.6 is 0 Å². The molecule has 58 heavy (non-hydrogen) atoms. The van der Waals surface area contributed by atoms with Gasteiger partial charge in [-0.1, -0.05) is 0 Å². The van der Waals surface area contributed by atoms with Crippen LogP contribution in [-0.2, 0) is 47.7 Å². The van der Waals surface area contributed by atoms with Gasteiger partial charge in [0.25, 0.3) is 0 Å². The van der Waals surface area contributed by atoms with Crippen LogP contribution in [0.1, 0.15) is 64.5 Å². The van der Waals surface area contributed by atoms with E-state index in [2.05, 4.69) is 0 Å². The van der Waals surface area contributed by atoms with Gasteiger partial charge in [0.15, 0.2) is 47.2 Å². The Balaban J connectivity index is 0.00000252. The van der Waals surface area contributed by atoms with Crippen molar-refractivity contribution in [3.8, 4) is 34.1 Å². The van der Waals surface area contributed by atoms with Crippen LogP contribution < -0.4 is 9.47 Å². The third kappa shape index (κ3) is 5.58. The van der Waals surface area contributed by atoms with Crippen molar-refractivity contribution in [2.24, 2.45) is 0 Å². The Morgan fingerprint density at radius 2 is 0.948 bits per heavy atom. The van der Waals surface area contributed by atoms with Crippen molar-refractivity contribution >= 4 is 47.0 Å². The van der Waals surface area contributed by atoms with E-state index in [0.717, 1.165) is 7.11 Å². The van der Waals surface area contributed by atoms with E-state index in [1.54, 1.807) is 0 Å². The summed E-state index contributed by atoms with van der Waals surface area (Å²) in [5.74, 6) is -8.92. The van der Waals surface area contributed by atoms with E-state index in [4.69, 9.17) is 43.7 Å².